The molecule has 0 spiro atoms. The summed E-state index contributed by atoms with van der Waals surface area (Å²) in [4.78, 5) is 17.3. The highest BCUT2D eigenvalue weighted by molar-refractivity contribution is 14.1. The molecule has 1 rings (SSSR count). The quantitative estimate of drug-likeness (QED) is 0.406. The molecule has 0 heterocycles. The van der Waals surface area contributed by atoms with Gasteiger partial charge in [-0.3, -0.25) is 9.09 Å². The van der Waals surface area contributed by atoms with Crippen LogP contribution < -0.4 is 0 Å². The van der Waals surface area contributed by atoms with Crippen LogP contribution in [0.4, 0.5) is 0 Å². The number of hydrogen-bond acceptors (Lipinski definition) is 5. The Balaban J connectivity index is 3.05. The molecule has 1 aromatic carbocycles. The summed E-state index contributed by atoms with van der Waals surface area (Å²) in [7, 11) is -4.49. The molecule has 0 aromatic heterocycles. The zero-order valence-corrected chi connectivity index (χ0v) is 11.9. The van der Waals surface area contributed by atoms with E-state index in [1.54, 1.807) is 12.1 Å². The smallest absolute Gasteiger partial charge is 0.321 e. The van der Waals surface area contributed by atoms with E-state index in [2.05, 4.69) is 9.05 Å². The van der Waals surface area contributed by atoms with E-state index in [1.165, 1.54) is 12.1 Å². The molecule has 0 fully saturated rings. The first-order valence-electron chi connectivity index (χ1n) is 3.95. The maximum absolute atomic E-state index is 10.6. The predicted molar refractivity (Wildman–Crippen MR) is 67.0 cm³/mol. The molecule has 3 unspecified atom stereocenters. The van der Waals surface area contributed by atoms with Crippen LogP contribution in [0.1, 0.15) is 5.56 Å². The summed E-state index contributed by atoms with van der Waals surface area (Å²) in [6.45, 7) is 0. The van der Waals surface area contributed by atoms with Gasteiger partial charge in [0, 0.05) is 9.13 Å². The number of benzene rings is 1. The molecule has 0 aliphatic rings. The highest BCUT2D eigenvalue weighted by atomic mass is 127. The molecule has 0 bridgehead atoms. The van der Waals surface area contributed by atoms with E-state index in [0.717, 1.165) is 3.57 Å². The lowest BCUT2D eigenvalue weighted by molar-refractivity contribution is -0.282. The van der Waals surface area contributed by atoms with Crippen molar-refractivity contribution >= 4 is 39.9 Å². The molecule has 0 saturated heterocycles. The van der Waals surface area contributed by atoms with Crippen LogP contribution in [0.3, 0.4) is 0 Å². The summed E-state index contributed by atoms with van der Waals surface area (Å²) in [5, 5.41) is 9.84. The first-order chi connectivity index (χ1) is 7.48. The third kappa shape index (κ3) is 4.01. The Morgan fingerprint density at radius 1 is 1.50 bits per heavy atom. The second kappa shape index (κ2) is 6.37. The summed E-state index contributed by atoms with van der Waals surface area (Å²) in [5.41, 5.74) is 0.133. The fourth-order valence-corrected chi connectivity index (χ4v) is 2.31. The van der Waals surface area contributed by atoms with Crippen molar-refractivity contribution in [2.24, 2.45) is 0 Å². The van der Waals surface area contributed by atoms with Crippen molar-refractivity contribution in [2.75, 3.05) is 0 Å². The molecule has 1 aromatic rings. The van der Waals surface area contributed by atoms with Gasteiger partial charge >= 0.3 is 14.2 Å². The minimum absolute atomic E-state index is 0.133. The second-order valence-electron chi connectivity index (χ2n) is 2.65. The summed E-state index contributed by atoms with van der Waals surface area (Å²) >= 11 is 1.99. The van der Waals surface area contributed by atoms with Crippen LogP contribution in [0, 0.1) is 3.57 Å². The van der Waals surface area contributed by atoms with Gasteiger partial charge in [0.05, 0.1) is 0 Å². The molecule has 3 atom stereocenters. The average molecular weight is 378 g/mol. The predicted octanol–water partition coefficient (Wildman–Crippen LogP) is 1.31. The standard InChI is InChI=1S/C7H9IO6P2/c8-6-3-1-2-5(4-6)7(9,13-15-10)14-16(11)12/h1-4,9-10,15-16H,(H,11,12). The van der Waals surface area contributed by atoms with Crippen LogP contribution in [-0.4, -0.2) is 14.9 Å². The van der Waals surface area contributed by atoms with Gasteiger partial charge in [-0.15, -0.1) is 0 Å². The number of aliphatic hydroxyl groups is 1. The molecule has 6 nitrogen and oxygen atoms in total. The summed E-state index contributed by atoms with van der Waals surface area (Å²) in [6, 6.07) is 6.33. The monoisotopic (exact) mass is 378 g/mol. The third-order valence-electron chi connectivity index (χ3n) is 1.60. The van der Waals surface area contributed by atoms with Gasteiger partial charge < -0.3 is 14.9 Å². The largest absolute Gasteiger partial charge is 0.352 e. The molecule has 9 heteroatoms. The average Bonchev–Trinajstić information content (AvgIpc) is 2.16. The van der Waals surface area contributed by atoms with Crippen LogP contribution in [0.5, 0.6) is 0 Å². The fraction of sp³-hybridized carbons (Fsp3) is 0.143. The zero-order chi connectivity index (χ0) is 12.2. The van der Waals surface area contributed by atoms with Gasteiger partial charge in [0.25, 0.3) is 0 Å². The number of rotatable bonds is 5. The number of halogens is 1. The first kappa shape index (κ1) is 14.5. The number of hydrogen-bond donors (Lipinski definition) is 3. The van der Waals surface area contributed by atoms with Crippen molar-refractivity contribution in [3.8, 4) is 0 Å². The van der Waals surface area contributed by atoms with E-state index in [1.807, 2.05) is 22.6 Å². The highest BCUT2D eigenvalue weighted by Crippen LogP contribution is 2.37. The van der Waals surface area contributed by atoms with Gasteiger partial charge in [-0.05, 0) is 34.7 Å². The molecule has 3 N–H and O–H groups in total. The summed E-state index contributed by atoms with van der Waals surface area (Å²) in [6.07, 6.45) is 0. The molecule has 0 saturated carbocycles. The van der Waals surface area contributed by atoms with Gasteiger partial charge in [-0.2, -0.15) is 0 Å². The van der Waals surface area contributed by atoms with Crippen molar-refractivity contribution in [1.82, 2.24) is 0 Å². The lowest BCUT2D eigenvalue weighted by atomic mass is 10.2. The van der Waals surface area contributed by atoms with Gasteiger partial charge in [0.2, 0.25) is 0 Å². The molecule has 90 valence electrons. The van der Waals surface area contributed by atoms with Gasteiger partial charge in [0.1, 0.15) is 0 Å². The van der Waals surface area contributed by atoms with Crippen LogP contribution in [0.2, 0.25) is 0 Å². The Morgan fingerprint density at radius 2 is 2.19 bits per heavy atom. The van der Waals surface area contributed by atoms with Crippen LogP contribution >= 0.6 is 39.9 Å². The maximum Gasteiger partial charge on any atom is 0.321 e. The van der Waals surface area contributed by atoms with Crippen molar-refractivity contribution in [2.45, 2.75) is 5.97 Å². The van der Waals surface area contributed by atoms with Crippen molar-refractivity contribution in [1.29, 1.82) is 0 Å². The minimum Gasteiger partial charge on any atom is -0.352 e. The van der Waals surface area contributed by atoms with Crippen molar-refractivity contribution in [3.05, 3.63) is 33.4 Å². The molecule has 16 heavy (non-hydrogen) atoms. The van der Waals surface area contributed by atoms with Gasteiger partial charge in [-0.25, -0.2) is 4.52 Å². The SMILES string of the molecule is O=[PH](O)OC(O)(OPO)c1cccc(I)c1. The van der Waals surface area contributed by atoms with Crippen molar-refractivity contribution < 1.29 is 28.5 Å². The van der Waals surface area contributed by atoms with Gasteiger partial charge in [-0.1, -0.05) is 12.1 Å². The molecular formula is C7H9IO6P2. The van der Waals surface area contributed by atoms with E-state index < -0.39 is 23.3 Å². The highest BCUT2D eigenvalue weighted by Gasteiger charge is 2.34. The van der Waals surface area contributed by atoms with E-state index in [-0.39, 0.29) is 5.56 Å². The maximum atomic E-state index is 10.6. The molecule has 0 aliphatic heterocycles. The Labute approximate surface area is 108 Å². The third-order valence-corrected chi connectivity index (χ3v) is 3.09. The molecule has 0 aliphatic carbocycles. The molecule has 0 amide bonds. The van der Waals surface area contributed by atoms with E-state index in [9.17, 15) is 9.67 Å². The van der Waals surface area contributed by atoms with Crippen LogP contribution in [-0.2, 0) is 19.6 Å². The Bertz CT molecular complexity index is 389. The van der Waals surface area contributed by atoms with Crippen molar-refractivity contribution in [3.63, 3.8) is 0 Å². The van der Waals surface area contributed by atoms with Crippen LogP contribution in [0.25, 0.3) is 0 Å². The lowest BCUT2D eigenvalue weighted by Crippen LogP contribution is -2.27. The Morgan fingerprint density at radius 3 is 2.69 bits per heavy atom. The van der Waals surface area contributed by atoms with E-state index in [4.69, 9.17) is 9.79 Å². The Kier molecular flexibility index (Phi) is 5.76. The second-order valence-corrected chi connectivity index (χ2v) is 5.02. The van der Waals surface area contributed by atoms with E-state index in [0.29, 0.717) is 0 Å². The first-order valence-corrected chi connectivity index (χ1v) is 7.15. The molecule has 0 radical (unpaired) electrons. The normalized spacial score (nSPS) is 17.5. The van der Waals surface area contributed by atoms with Crippen LogP contribution in [0.15, 0.2) is 24.3 Å². The Hall–Kier alpha value is 0.410. The topological polar surface area (TPSA) is 96.2 Å². The lowest BCUT2D eigenvalue weighted by Gasteiger charge is -2.25. The zero-order valence-electron chi connectivity index (χ0n) is 7.75. The molecular weight excluding hydrogens is 369 g/mol. The summed E-state index contributed by atoms with van der Waals surface area (Å²) in [5.74, 6) is -2.40. The van der Waals surface area contributed by atoms with E-state index >= 15 is 0 Å². The minimum atomic E-state index is -3.41. The summed E-state index contributed by atoms with van der Waals surface area (Å²) < 4.78 is 20.3. The van der Waals surface area contributed by atoms with Gasteiger partial charge in [0.15, 0.2) is 9.03 Å². The fourth-order valence-electron chi connectivity index (χ4n) is 1.00.